The van der Waals surface area contributed by atoms with E-state index in [1.54, 1.807) is 38.3 Å². The van der Waals surface area contributed by atoms with Crippen molar-refractivity contribution < 1.29 is 19.1 Å². The van der Waals surface area contributed by atoms with Crippen molar-refractivity contribution in [1.29, 1.82) is 0 Å². The van der Waals surface area contributed by atoms with E-state index in [1.807, 2.05) is 0 Å². The smallest absolute Gasteiger partial charge is 0.240 e. The second kappa shape index (κ2) is 7.61. The van der Waals surface area contributed by atoms with E-state index in [-0.39, 0.29) is 6.61 Å². The molecule has 7 heteroatoms. The van der Waals surface area contributed by atoms with Crippen molar-refractivity contribution >= 4 is 0 Å². The van der Waals surface area contributed by atoms with Crippen LogP contribution in [0.1, 0.15) is 11.7 Å². The zero-order chi connectivity index (χ0) is 15.1. The highest BCUT2D eigenvalue weighted by Crippen LogP contribution is 2.16. The molecular weight excluding hydrogens is 274 g/mol. The maximum Gasteiger partial charge on any atom is 0.240 e. The first-order chi connectivity index (χ1) is 10.2. The molecular formula is C14H19N3O4. The number of aromatic nitrogens is 2. The fourth-order valence-corrected chi connectivity index (χ4v) is 1.68. The molecule has 0 aliphatic carbocycles. The van der Waals surface area contributed by atoms with Gasteiger partial charge in [-0.1, -0.05) is 5.16 Å². The molecule has 1 heterocycles. The number of hydrogen-bond donors (Lipinski definition) is 2. The van der Waals surface area contributed by atoms with E-state index in [1.165, 1.54) is 0 Å². The SMILES string of the molecule is COc1ccc(OCC(O)CNCc2nc(C)no2)cc1. The molecule has 114 valence electrons. The van der Waals surface area contributed by atoms with E-state index in [4.69, 9.17) is 14.0 Å². The summed E-state index contributed by atoms with van der Waals surface area (Å²) in [5.41, 5.74) is 0. The maximum absolute atomic E-state index is 9.82. The van der Waals surface area contributed by atoms with E-state index < -0.39 is 6.10 Å². The Morgan fingerprint density at radius 1 is 1.29 bits per heavy atom. The maximum atomic E-state index is 9.82. The fourth-order valence-electron chi connectivity index (χ4n) is 1.68. The molecule has 0 saturated heterocycles. The third-order valence-corrected chi connectivity index (χ3v) is 2.73. The van der Waals surface area contributed by atoms with Crippen molar-refractivity contribution in [3.63, 3.8) is 0 Å². The molecule has 2 aromatic rings. The average molecular weight is 293 g/mol. The van der Waals surface area contributed by atoms with Crippen molar-refractivity contribution in [1.82, 2.24) is 15.5 Å². The number of rotatable bonds is 8. The Hall–Kier alpha value is -2.12. The molecule has 0 radical (unpaired) electrons. The van der Waals surface area contributed by atoms with Crippen LogP contribution in [0.15, 0.2) is 28.8 Å². The zero-order valence-electron chi connectivity index (χ0n) is 12.1. The van der Waals surface area contributed by atoms with Crippen LogP contribution in [-0.2, 0) is 6.54 Å². The van der Waals surface area contributed by atoms with Gasteiger partial charge < -0.3 is 24.4 Å². The molecule has 2 N–H and O–H groups in total. The van der Waals surface area contributed by atoms with Crippen LogP contribution in [0.5, 0.6) is 11.5 Å². The summed E-state index contributed by atoms with van der Waals surface area (Å²) in [5.74, 6) is 2.53. The first-order valence-corrected chi connectivity index (χ1v) is 6.62. The predicted octanol–water partition coefficient (Wildman–Crippen LogP) is 0.916. The Morgan fingerprint density at radius 2 is 2.00 bits per heavy atom. The minimum atomic E-state index is -0.629. The van der Waals surface area contributed by atoms with Crippen LogP contribution < -0.4 is 14.8 Å². The van der Waals surface area contributed by atoms with Gasteiger partial charge in [0.2, 0.25) is 5.89 Å². The van der Waals surface area contributed by atoms with Gasteiger partial charge in [-0.15, -0.1) is 0 Å². The van der Waals surface area contributed by atoms with Gasteiger partial charge in [-0.25, -0.2) is 0 Å². The molecule has 21 heavy (non-hydrogen) atoms. The molecule has 0 bridgehead atoms. The highest BCUT2D eigenvalue weighted by molar-refractivity contribution is 5.31. The van der Waals surface area contributed by atoms with Crippen molar-refractivity contribution in [2.24, 2.45) is 0 Å². The Morgan fingerprint density at radius 3 is 2.62 bits per heavy atom. The van der Waals surface area contributed by atoms with Gasteiger partial charge in [-0.05, 0) is 31.2 Å². The Bertz CT molecular complexity index is 541. The lowest BCUT2D eigenvalue weighted by Crippen LogP contribution is -2.31. The number of nitrogens with one attached hydrogen (secondary N) is 1. The van der Waals surface area contributed by atoms with Crippen LogP contribution in [0.2, 0.25) is 0 Å². The van der Waals surface area contributed by atoms with E-state index in [2.05, 4.69) is 15.5 Å². The Kier molecular flexibility index (Phi) is 5.53. The third-order valence-electron chi connectivity index (χ3n) is 2.73. The lowest BCUT2D eigenvalue weighted by atomic mass is 10.3. The van der Waals surface area contributed by atoms with Crippen molar-refractivity contribution in [3.8, 4) is 11.5 Å². The van der Waals surface area contributed by atoms with Gasteiger partial charge in [-0.2, -0.15) is 4.98 Å². The summed E-state index contributed by atoms with van der Waals surface area (Å²) in [5, 5.41) is 16.5. The highest BCUT2D eigenvalue weighted by Gasteiger charge is 2.07. The van der Waals surface area contributed by atoms with Gasteiger partial charge in [0.25, 0.3) is 0 Å². The molecule has 2 rings (SSSR count). The van der Waals surface area contributed by atoms with Crippen LogP contribution in [-0.4, -0.2) is 41.6 Å². The summed E-state index contributed by atoms with van der Waals surface area (Å²) >= 11 is 0. The van der Waals surface area contributed by atoms with Crippen molar-refractivity contribution in [3.05, 3.63) is 36.0 Å². The third kappa shape index (κ3) is 5.05. The molecule has 0 amide bonds. The minimum Gasteiger partial charge on any atom is -0.497 e. The average Bonchev–Trinajstić information content (AvgIpc) is 2.91. The summed E-state index contributed by atoms with van der Waals surface area (Å²) in [6.07, 6.45) is -0.629. The van der Waals surface area contributed by atoms with Crippen LogP contribution in [0.25, 0.3) is 0 Å². The van der Waals surface area contributed by atoms with Gasteiger partial charge in [-0.3, -0.25) is 0 Å². The number of methoxy groups -OCH3 is 1. The summed E-state index contributed by atoms with van der Waals surface area (Å²) in [6.45, 7) is 2.74. The van der Waals surface area contributed by atoms with E-state index >= 15 is 0 Å². The summed E-state index contributed by atoms with van der Waals surface area (Å²) in [6, 6.07) is 7.19. The standard InChI is InChI=1S/C14H19N3O4/c1-10-16-14(21-17-10)8-15-7-11(18)9-20-13-5-3-12(19-2)4-6-13/h3-6,11,15,18H,7-9H2,1-2H3. The van der Waals surface area contributed by atoms with Crippen LogP contribution in [0.4, 0.5) is 0 Å². The lowest BCUT2D eigenvalue weighted by molar-refractivity contribution is 0.105. The number of ether oxygens (including phenoxy) is 2. The summed E-state index contributed by atoms with van der Waals surface area (Å²) < 4.78 is 15.5. The van der Waals surface area contributed by atoms with Crippen molar-refractivity contribution in [2.45, 2.75) is 19.6 Å². The number of aliphatic hydroxyl groups is 1. The van der Waals surface area contributed by atoms with Gasteiger partial charge in [0, 0.05) is 6.54 Å². The molecule has 0 saturated carbocycles. The van der Waals surface area contributed by atoms with E-state index in [9.17, 15) is 5.11 Å². The molecule has 7 nitrogen and oxygen atoms in total. The number of nitrogens with zero attached hydrogens (tertiary/aromatic N) is 2. The van der Waals surface area contributed by atoms with Gasteiger partial charge in [0.15, 0.2) is 5.82 Å². The zero-order valence-corrected chi connectivity index (χ0v) is 12.1. The molecule has 0 aliphatic rings. The molecule has 1 aromatic carbocycles. The summed E-state index contributed by atoms with van der Waals surface area (Å²) in [7, 11) is 1.61. The number of benzene rings is 1. The second-order valence-corrected chi connectivity index (χ2v) is 4.51. The van der Waals surface area contributed by atoms with Gasteiger partial charge >= 0.3 is 0 Å². The molecule has 1 atom stereocenters. The first kappa shape index (κ1) is 15.3. The second-order valence-electron chi connectivity index (χ2n) is 4.51. The van der Waals surface area contributed by atoms with Crippen LogP contribution >= 0.6 is 0 Å². The minimum absolute atomic E-state index is 0.197. The molecule has 0 fully saturated rings. The normalized spacial score (nSPS) is 12.1. The number of aliphatic hydroxyl groups excluding tert-OH is 1. The Balaban J connectivity index is 1.65. The van der Waals surface area contributed by atoms with Gasteiger partial charge in [0.1, 0.15) is 24.2 Å². The topological polar surface area (TPSA) is 89.6 Å². The highest BCUT2D eigenvalue weighted by atomic mass is 16.5. The quantitative estimate of drug-likeness (QED) is 0.748. The van der Waals surface area contributed by atoms with Crippen LogP contribution in [0.3, 0.4) is 0 Å². The van der Waals surface area contributed by atoms with Crippen LogP contribution in [0, 0.1) is 6.92 Å². The lowest BCUT2D eigenvalue weighted by Gasteiger charge is -2.12. The molecule has 0 spiro atoms. The number of hydrogen-bond acceptors (Lipinski definition) is 7. The fraction of sp³-hybridized carbons (Fsp3) is 0.429. The van der Waals surface area contributed by atoms with E-state index in [0.29, 0.717) is 30.6 Å². The predicted molar refractivity (Wildman–Crippen MR) is 75.2 cm³/mol. The van der Waals surface area contributed by atoms with Gasteiger partial charge in [0.05, 0.1) is 13.7 Å². The summed E-state index contributed by atoms with van der Waals surface area (Å²) in [4.78, 5) is 4.05. The molecule has 1 unspecified atom stereocenters. The van der Waals surface area contributed by atoms with Crippen molar-refractivity contribution in [2.75, 3.05) is 20.3 Å². The number of aryl methyl sites for hydroxylation is 1. The molecule has 1 aromatic heterocycles. The van der Waals surface area contributed by atoms with E-state index in [0.717, 1.165) is 5.75 Å². The first-order valence-electron chi connectivity index (χ1n) is 6.62. The largest absolute Gasteiger partial charge is 0.497 e. The Labute approximate surface area is 122 Å². The monoisotopic (exact) mass is 293 g/mol. The molecule has 0 aliphatic heterocycles.